The molecular weight excluding hydrogens is 308 g/mol. The molecule has 134 valence electrons. The van der Waals surface area contributed by atoms with Crippen LogP contribution in [0.25, 0.3) is 0 Å². The molecule has 24 heavy (non-hydrogen) atoms. The fraction of sp³-hybridized carbons (Fsp3) is 0.765. The number of urea groups is 1. The van der Waals surface area contributed by atoms with Crippen LogP contribution in [0.3, 0.4) is 0 Å². The smallest absolute Gasteiger partial charge is 0.318 e. The van der Waals surface area contributed by atoms with Gasteiger partial charge in [0.15, 0.2) is 5.79 Å². The van der Waals surface area contributed by atoms with Gasteiger partial charge in [0.25, 0.3) is 0 Å². The van der Waals surface area contributed by atoms with Crippen LogP contribution >= 0.6 is 0 Å². The molecule has 7 heteroatoms. The Balaban J connectivity index is 1.51. The van der Waals surface area contributed by atoms with Crippen molar-refractivity contribution in [2.24, 2.45) is 5.92 Å². The van der Waals surface area contributed by atoms with E-state index in [1.54, 1.807) is 6.20 Å². The van der Waals surface area contributed by atoms with Crippen molar-refractivity contribution in [3.63, 3.8) is 0 Å². The highest BCUT2D eigenvalue weighted by molar-refractivity contribution is 5.74. The summed E-state index contributed by atoms with van der Waals surface area (Å²) in [5.41, 5.74) is 0. The van der Waals surface area contributed by atoms with Crippen LogP contribution in [0.15, 0.2) is 12.4 Å². The van der Waals surface area contributed by atoms with Gasteiger partial charge in [0, 0.05) is 31.9 Å². The Hall–Kier alpha value is -1.60. The van der Waals surface area contributed by atoms with E-state index in [-0.39, 0.29) is 18.0 Å². The number of carbonyl (C=O) groups excluding carboxylic acids is 1. The van der Waals surface area contributed by atoms with Gasteiger partial charge in [0.2, 0.25) is 0 Å². The van der Waals surface area contributed by atoms with E-state index in [0.29, 0.717) is 19.8 Å². The number of carbonyl (C=O) groups is 1. The van der Waals surface area contributed by atoms with E-state index >= 15 is 0 Å². The van der Waals surface area contributed by atoms with Crippen LogP contribution in [-0.2, 0) is 9.47 Å². The third-order valence-corrected chi connectivity index (χ3v) is 4.82. The SMILES string of the molecule is C[C@H](CNC(=O)N1CCCC[C@@H]1c1ncc[nH]1)CC1(C)OCCO1. The second kappa shape index (κ2) is 7.53. The summed E-state index contributed by atoms with van der Waals surface area (Å²) in [5, 5.41) is 3.07. The molecule has 2 atom stereocenters. The first-order chi connectivity index (χ1) is 11.6. The summed E-state index contributed by atoms with van der Waals surface area (Å²) in [4.78, 5) is 22.0. The predicted molar refractivity (Wildman–Crippen MR) is 89.4 cm³/mol. The average Bonchev–Trinajstić information content (AvgIpc) is 3.24. The third-order valence-electron chi connectivity index (χ3n) is 4.82. The number of likely N-dealkylation sites (tertiary alicyclic amines) is 1. The molecule has 2 fully saturated rings. The average molecular weight is 336 g/mol. The quantitative estimate of drug-likeness (QED) is 0.865. The van der Waals surface area contributed by atoms with Crippen molar-refractivity contribution in [3.8, 4) is 0 Å². The van der Waals surface area contributed by atoms with Crippen molar-refractivity contribution in [3.05, 3.63) is 18.2 Å². The van der Waals surface area contributed by atoms with Gasteiger partial charge in [-0.2, -0.15) is 0 Å². The highest BCUT2D eigenvalue weighted by Crippen LogP contribution is 2.29. The molecule has 0 unspecified atom stereocenters. The van der Waals surface area contributed by atoms with Gasteiger partial charge in [0.05, 0.1) is 19.3 Å². The molecule has 3 heterocycles. The molecule has 1 aromatic heterocycles. The van der Waals surface area contributed by atoms with E-state index in [1.165, 1.54) is 0 Å². The maximum absolute atomic E-state index is 12.6. The maximum Gasteiger partial charge on any atom is 0.318 e. The number of hydrogen-bond donors (Lipinski definition) is 2. The molecule has 2 amide bonds. The molecule has 2 saturated heterocycles. The van der Waals surface area contributed by atoms with E-state index in [2.05, 4.69) is 22.2 Å². The number of H-pyrrole nitrogens is 1. The van der Waals surface area contributed by atoms with Gasteiger partial charge in [-0.15, -0.1) is 0 Å². The van der Waals surface area contributed by atoms with Crippen molar-refractivity contribution in [2.45, 2.75) is 51.4 Å². The van der Waals surface area contributed by atoms with Gasteiger partial charge in [0.1, 0.15) is 5.82 Å². The van der Waals surface area contributed by atoms with E-state index in [4.69, 9.17) is 9.47 Å². The first kappa shape index (κ1) is 17.2. The maximum atomic E-state index is 12.6. The molecule has 0 aromatic carbocycles. The number of hydrogen-bond acceptors (Lipinski definition) is 4. The van der Waals surface area contributed by atoms with Gasteiger partial charge in [-0.1, -0.05) is 6.92 Å². The monoisotopic (exact) mass is 336 g/mol. The molecule has 0 aliphatic carbocycles. The van der Waals surface area contributed by atoms with Crippen LogP contribution in [-0.4, -0.2) is 53.0 Å². The van der Waals surface area contributed by atoms with E-state index in [0.717, 1.165) is 38.1 Å². The van der Waals surface area contributed by atoms with Gasteiger partial charge >= 0.3 is 6.03 Å². The van der Waals surface area contributed by atoms with Crippen molar-refractivity contribution in [2.75, 3.05) is 26.3 Å². The van der Waals surface area contributed by atoms with E-state index in [1.807, 2.05) is 18.0 Å². The van der Waals surface area contributed by atoms with Gasteiger partial charge in [-0.3, -0.25) is 0 Å². The van der Waals surface area contributed by atoms with E-state index in [9.17, 15) is 4.79 Å². The Morgan fingerprint density at radius 2 is 2.29 bits per heavy atom. The van der Waals surface area contributed by atoms with Crippen LogP contribution in [0.2, 0.25) is 0 Å². The standard InChI is InChI=1S/C17H28N4O3/c1-13(11-17(2)23-9-10-24-17)12-20-16(22)21-8-4-3-5-14(21)15-18-6-7-19-15/h6-7,13-14H,3-5,8-12H2,1-2H3,(H,18,19)(H,20,22)/t13-,14+/m0/s1. The Morgan fingerprint density at radius 3 is 3.00 bits per heavy atom. The van der Waals surface area contributed by atoms with Crippen LogP contribution in [0.1, 0.15) is 51.4 Å². The molecule has 3 rings (SSSR count). The number of rotatable bonds is 5. The van der Waals surface area contributed by atoms with Gasteiger partial charge in [-0.05, 0) is 32.1 Å². The highest BCUT2D eigenvalue weighted by atomic mass is 16.7. The Kier molecular flexibility index (Phi) is 5.40. The number of nitrogens with one attached hydrogen (secondary N) is 2. The molecular formula is C17H28N4O3. The minimum absolute atomic E-state index is 0.0126. The summed E-state index contributed by atoms with van der Waals surface area (Å²) in [6, 6.07) is 0.0319. The number of amides is 2. The molecule has 1 aromatic rings. The molecule has 2 aliphatic heterocycles. The van der Waals surface area contributed by atoms with Crippen LogP contribution in [0.5, 0.6) is 0 Å². The zero-order valence-corrected chi connectivity index (χ0v) is 14.6. The van der Waals surface area contributed by atoms with Gasteiger partial charge < -0.3 is 24.7 Å². The first-order valence-corrected chi connectivity index (χ1v) is 8.89. The lowest BCUT2D eigenvalue weighted by Gasteiger charge is -2.35. The number of aromatic nitrogens is 2. The fourth-order valence-corrected chi connectivity index (χ4v) is 3.66. The third kappa shape index (κ3) is 4.08. The minimum Gasteiger partial charge on any atom is -0.348 e. The largest absolute Gasteiger partial charge is 0.348 e. The molecule has 7 nitrogen and oxygen atoms in total. The molecule has 2 aliphatic rings. The van der Waals surface area contributed by atoms with Crippen LogP contribution in [0, 0.1) is 5.92 Å². The summed E-state index contributed by atoms with van der Waals surface area (Å²) >= 11 is 0. The number of nitrogens with zero attached hydrogens (tertiary/aromatic N) is 2. The van der Waals surface area contributed by atoms with E-state index < -0.39 is 5.79 Å². The summed E-state index contributed by atoms with van der Waals surface area (Å²) in [6.45, 7) is 6.76. The van der Waals surface area contributed by atoms with Crippen molar-refractivity contribution in [1.29, 1.82) is 0 Å². The zero-order chi connectivity index (χ0) is 17.0. The van der Waals surface area contributed by atoms with Crippen LogP contribution in [0.4, 0.5) is 4.79 Å². The van der Waals surface area contributed by atoms with Crippen molar-refractivity contribution < 1.29 is 14.3 Å². The summed E-state index contributed by atoms with van der Waals surface area (Å²) < 4.78 is 11.3. The second-order valence-corrected chi connectivity index (χ2v) is 7.01. The highest BCUT2D eigenvalue weighted by Gasteiger charge is 2.33. The van der Waals surface area contributed by atoms with Crippen LogP contribution < -0.4 is 5.32 Å². The minimum atomic E-state index is -0.508. The molecule has 2 N–H and O–H groups in total. The lowest BCUT2D eigenvalue weighted by atomic mass is 10.0. The molecule has 0 radical (unpaired) electrons. The molecule has 0 saturated carbocycles. The number of ether oxygens (including phenoxy) is 2. The van der Waals surface area contributed by atoms with Crippen molar-refractivity contribution >= 4 is 6.03 Å². The summed E-state index contributed by atoms with van der Waals surface area (Å²) in [7, 11) is 0. The zero-order valence-electron chi connectivity index (χ0n) is 14.6. The second-order valence-electron chi connectivity index (χ2n) is 7.01. The Labute approximate surface area is 143 Å². The summed E-state index contributed by atoms with van der Waals surface area (Å²) in [5.74, 6) is 0.647. The lowest BCUT2D eigenvalue weighted by molar-refractivity contribution is -0.153. The summed E-state index contributed by atoms with van der Waals surface area (Å²) in [6.07, 6.45) is 7.44. The predicted octanol–water partition coefficient (Wildman–Crippen LogP) is 2.44. The van der Waals surface area contributed by atoms with Crippen molar-refractivity contribution in [1.82, 2.24) is 20.2 Å². The number of piperidine rings is 1. The van der Waals surface area contributed by atoms with Gasteiger partial charge in [-0.25, -0.2) is 9.78 Å². The Morgan fingerprint density at radius 1 is 1.50 bits per heavy atom. The number of aromatic amines is 1. The topological polar surface area (TPSA) is 79.5 Å². The fourth-order valence-electron chi connectivity index (χ4n) is 3.66. The normalized spacial score (nSPS) is 24.8. The molecule has 0 bridgehead atoms. The number of imidazole rings is 1. The first-order valence-electron chi connectivity index (χ1n) is 8.89. The Bertz CT molecular complexity index is 528. The molecule has 0 spiro atoms. The lowest BCUT2D eigenvalue weighted by Crippen LogP contribution is -2.46.